The number of sulfone groups is 1. The maximum Gasteiger partial charge on any atom is 0.264 e. The summed E-state index contributed by atoms with van der Waals surface area (Å²) in [6.07, 6.45) is 6.00. The molecule has 11 nitrogen and oxygen atoms in total. The summed E-state index contributed by atoms with van der Waals surface area (Å²) in [5, 5.41) is 8.39. The molecule has 2 aromatic carbocycles. The Kier molecular flexibility index (Phi) is 9.37. The molecule has 0 bridgehead atoms. The number of carbonyl (C=O) groups is 1. The number of hydrogen-bond acceptors (Lipinski definition) is 8. The van der Waals surface area contributed by atoms with E-state index in [0.29, 0.717) is 30.8 Å². The quantitative estimate of drug-likeness (QED) is 0.250. The normalized spacial score (nSPS) is 16.8. The molecule has 1 fully saturated rings. The summed E-state index contributed by atoms with van der Waals surface area (Å²) in [5.74, 6) is -1.11. The minimum atomic E-state index is -3.87. The largest absolute Gasteiger partial charge is 0.350 e. The number of benzene rings is 2. The predicted octanol–water partition coefficient (Wildman–Crippen LogP) is 3.73. The van der Waals surface area contributed by atoms with Gasteiger partial charge >= 0.3 is 0 Å². The van der Waals surface area contributed by atoms with Gasteiger partial charge in [-0.2, -0.15) is 0 Å². The van der Waals surface area contributed by atoms with Crippen LogP contribution in [-0.2, 0) is 37.3 Å². The lowest BCUT2D eigenvalue weighted by molar-refractivity contribution is -0.201. The fourth-order valence-electron chi connectivity index (χ4n) is 4.82. The molecule has 0 radical (unpaired) electrons. The fraction of sp³-hybridized carbons (Fsp3) is 0.355. The predicted molar refractivity (Wildman–Crippen MR) is 161 cm³/mol. The van der Waals surface area contributed by atoms with Crippen molar-refractivity contribution in [3.8, 4) is 22.4 Å². The first-order valence-electron chi connectivity index (χ1n) is 14.2. The molecule has 44 heavy (non-hydrogen) atoms. The molecule has 1 aliphatic heterocycles. The number of ether oxygens (including phenoxy) is 1. The maximum absolute atomic E-state index is 13.2. The van der Waals surface area contributed by atoms with Crippen molar-refractivity contribution in [2.24, 2.45) is 0 Å². The van der Waals surface area contributed by atoms with Crippen LogP contribution in [0.4, 0.5) is 4.39 Å². The Morgan fingerprint density at radius 2 is 1.82 bits per heavy atom. The summed E-state index contributed by atoms with van der Waals surface area (Å²) in [5.41, 5.74) is 5.82. The molecule has 0 saturated carbocycles. The number of hydroxylamine groups is 1. The van der Waals surface area contributed by atoms with Gasteiger partial charge in [0, 0.05) is 43.7 Å². The summed E-state index contributed by atoms with van der Waals surface area (Å²) < 4.78 is 45.1. The Labute approximate surface area is 254 Å². The van der Waals surface area contributed by atoms with Crippen LogP contribution in [0.15, 0.2) is 77.9 Å². The molecule has 2 unspecified atom stereocenters. The van der Waals surface area contributed by atoms with Crippen molar-refractivity contribution < 1.29 is 27.2 Å². The van der Waals surface area contributed by atoms with Crippen LogP contribution in [0.3, 0.4) is 0 Å². The Hall–Kier alpha value is -4.20. The molecule has 5 rings (SSSR count). The molecular weight excluding hydrogens is 589 g/mol. The van der Waals surface area contributed by atoms with Gasteiger partial charge in [0.25, 0.3) is 11.5 Å². The number of hydrogen-bond donors (Lipinski definition) is 1. The van der Waals surface area contributed by atoms with E-state index in [2.05, 4.69) is 15.8 Å². The van der Waals surface area contributed by atoms with E-state index in [1.807, 2.05) is 24.3 Å². The van der Waals surface area contributed by atoms with Gasteiger partial charge in [0.05, 0.1) is 12.7 Å². The maximum atomic E-state index is 13.2. The second-order valence-corrected chi connectivity index (χ2v) is 13.5. The molecule has 1 amide bonds. The highest BCUT2D eigenvalue weighted by atomic mass is 32.2. The Morgan fingerprint density at radius 3 is 2.48 bits per heavy atom. The van der Waals surface area contributed by atoms with Crippen molar-refractivity contribution in [3.05, 3.63) is 94.8 Å². The molecule has 1 saturated heterocycles. The first-order valence-corrected chi connectivity index (χ1v) is 16.1. The molecule has 1 aliphatic rings. The molecule has 0 spiro atoms. The van der Waals surface area contributed by atoms with E-state index in [9.17, 15) is 22.4 Å². The van der Waals surface area contributed by atoms with Gasteiger partial charge in [-0.15, -0.1) is 5.10 Å². The molecule has 0 aliphatic carbocycles. The highest BCUT2D eigenvalue weighted by Gasteiger charge is 2.44. The fourth-order valence-corrected chi connectivity index (χ4v) is 5.66. The van der Waals surface area contributed by atoms with E-state index in [1.165, 1.54) is 29.7 Å². The summed E-state index contributed by atoms with van der Waals surface area (Å²) in [6, 6.07) is 16.9. The number of nitrogens with one attached hydrogen (secondary N) is 1. The van der Waals surface area contributed by atoms with Crippen LogP contribution < -0.4 is 11.0 Å². The molecule has 2 aromatic heterocycles. The van der Waals surface area contributed by atoms with Crippen molar-refractivity contribution in [2.45, 2.75) is 56.7 Å². The highest BCUT2D eigenvalue weighted by Crippen LogP contribution is 2.25. The lowest BCUT2D eigenvalue weighted by Gasteiger charge is -2.28. The number of carbonyl (C=O) groups excluding carboxylic acids is 1. The Morgan fingerprint density at radius 1 is 1.09 bits per heavy atom. The lowest BCUT2D eigenvalue weighted by Crippen LogP contribution is -2.51. The van der Waals surface area contributed by atoms with Crippen molar-refractivity contribution in [1.29, 1.82) is 0 Å². The second kappa shape index (κ2) is 13.2. The van der Waals surface area contributed by atoms with E-state index in [0.717, 1.165) is 35.8 Å². The summed E-state index contributed by atoms with van der Waals surface area (Å²) in [4.78, 5) is 31.2. The highest BCUT2D eigenvalue weighted by molar-refractivity contribution is 7.92. The van der Waals surface area contributed by atoms with Crippen molar-refractivity contribution in [2.75, 3.05) is 12.9 Å². The molecular formula is C31H34FN5O6S. The average molecular weight is 624 g/mol. The number of aromatic nitrogens is 4. The zero-order valence-corrected chi connectivity index (χ0v) is 25.3. The van der Waals surface area contributed by atoms with Crippen molar-refractivity contribution in [1.82, 2.24) is 25.0 Å². The van der Waals surface area contributed by atoms with E-state index in [1.54, 1.807) is 35.3 Å². The summed E-state index contributed by atoms with van der Waals surface area (Å²) >= 11 is 0. The van der Waals surface area contributed by atoms with Gasteiger partial charge in [0.15, 0.2) is 20.9 Å². The van der Waals surface area contributed by atoms with Crippen LogP contribution in [0.1, 0.15) is 38.2 Å². The smallest absolute Gasteiger partial charge is 0.264 e. The van der Waals surface area contributed by atoms with Gasteiger partial charge in [-0.25, -0.2) is 27.8 Å². The van der Waals surface area contributed by atoms with Crippen molar-refractivity contribution >= 4 is 15.7 Å². The number of rotatable bonds is 11. The van der Waals surface area contributed by atoms with Gasteiger partial charge < -0.3 is 9.30 Å². The molecule has 2 atom stereocenters. The summed E-state index contributed by atoms with van der Waals surface area (Å²) in [7, 11) is -3.87. The van der Waals surface area contributed by atoms with Crippen molar-refractivity contribution in [3.63, 3.8) is 0 Å². The first kappa shape index (κ1) is 31.2. The Bertz CT molecular complexity index is 1770. The zero-order chi connectivity index (χ0) is 31.3. The van der Waals surface area contributed by atoms with Crippen LogP contribution in [0.25, 0.3) is 22.4 Å². The topological polar surface area (TPSA) is 134 Å². The molecule has 1 N–H and O–H groups in total. The van der Waals surface area contributed by atoms with E-state index in [4.69, 9.17) is 9.57 Å². The molecule has 232 valence electrons. The third kappa shape index (κ3) is 7.29. The average Bonchev–Trinajstić information content (AvgIpc) is 3.48. The molecule has 3 heterocycles. The minimum absolute atomic E-state index is 0.00253. The van der Waals surface area contributed by atoms with E-state index in [-0.39, 0.29) is 24.3 Å². The first-order chi connectivity index (χ1) is 21.0. The van der Waals surface area contributed by atoms with Crippen LogP contribution >= 0.6 is 0 Å². The SMILES string of the molecule is CC(CCn1ccc(-c2ccc(-c3cn(Cc4ccc(F)cc4)nn3)cc2)cc1=O)(C(=O)NOC1CCCCO1)S(C)(=O)=O. The lowest BCUT2D eigenvalue weighted by atomic mass is 10.0. The summed E-state index contributed by atoms with van der Waals surface area (Å²) in [6.45, 7) is 2.29. The third-order valence-electron chi connectivity index (χ3n) is 7.86. The number of pyridine rings is 1. The van der Waals surface area contributed by atoms with Gasteiger partial charge in [-0.3, -0.25) is 9.59 Å². The molecule has 4 aromatic rings. The molecule has 13 heteroatoms. The van der Waals surface area contributed by atoms with Crippen LogP contribution in [0.2, 0.25) is 0 Å². The number of nitrogens with zero attached hydrogens (tertiary/aromatic N) is 4. The van der Waals surface area contributed by atoms with Crippen LogP contribution in [0.5, 0.6) is 0 Å². The monoisotopic (exact) mass is 623 g/mol. The van der Waals surface area contributed by atoms with Gasteiger partial charge in [0.1, 0.15) is 11.5 Å². The standard InChI is InChI=1S/C31H34FN5O6S/c1-31(44(2,40)41,30(39)34-43-29-5-3-4-18-42-29)15-17-36-16-14-25(19-28(36)38)23-8-10-24(11-9-23)27-21-37(35-33-27)20-22-6-12-26(32)13-7-22/h6-14,16,19,21,29H,3-5,15,17-18,20H2,1-2H3,(H,34,39). The number of amides is 1. The van der Waals surface area contributed by atoms with Crippen LogP contribution in [0, 0.1) is 5.82 Å². The Balaban J connectivity index is 1.23. The second-order valence-electron chi connectivity index (χ2n) is 11.1. The van der Waals surface area contributed by atoms with Gasteiger partial charge in [-0.05, 0) is 61.1 Å². The van der Waals surface area contributed by atoms with Crippen LogP contribution in [-0.4, -0.2) is 57.8 Å². The van der Waals surface area contributed by atoms with E-state index < -0.39 is 26.8 Å². The minimum Gasteiger partial charge on any atom is -0.350 e. The zero-order valence-electron chi connectivity index (χ0n) is 24.5. The number of halogens is 1. The number of aryl methyl sites for hydroxylation is 1. The van der Waals surface area contributed by atoms with E-state index >= 15 is 0 Å². The van der Waals surface area contributed by atoms with Gasteiger partial charge in [-0.1, -0.05) is 41.6 Å². The van der Waals surface area contributed by atoms with Gasteiger partial charge in [0.2, 0.25) is 0 Å². The third-order valence-corrected chi connectivity index (χ3v) is 9.88.